The average molecular weight is 490 g/mol. The van der Waals surface area contributed by atoms with Gasteiger partial charge < -0.3 is 14.5 Å². The topological polar surface area (TPSA) is 102 Å². The number of pyridine rings is 1. The van der Waals surface area contributed by atoms with Crippen molar-refractivity contribution in [1.29, 1.82) is 0 Å². The molecule has 12 heteroatoms. The molecule has 0 saturated heterocycles. The fourth-order valence-electron chi connectivity index (χ4n) is 3.11. The molecule has 176 valence electrons. The molecule has 0 bridgehead atoms. The van der Waals surface area contributed by atoms with E-state index in [-0.39, 0.29) is 22.7 Å². The maximum absolute atomic E-state index is 12.6. The number of hydrogen-bond acceptors (Lipinski definition) is 5. The number of imidazole rings is 1. The summed E-state index contributed by atoms with van der Waals surface area (Å²) in [5, 5.41) is 2.75. The maximum atomic E-state index is 12.6. The highest BCUT2D eigenvalue weighted by molar-refractivity contribution is 7.92. The number of nitrogens with zero attached hydrogens (tertiary/aromatic N) is 2. The molecule has 2 N–H and O–H groups in total. The monoisotopic (exact) mass is 490 g/mol. The third-order valence-electron chi connectivity index (χ3n) is 4.65. The van der Waals surface area contributed by atoms with Crippen molar-refractivity contribution in [3.63, 3.8) is 0 Å². The zero-order valence-electron chi connectivity index (χ0n) is 17.3. The largest absolute Gasteiger partial charge is 0.573 e. The molecular weight excluding hydrogens is 473 g/mol. The first-order valence-corrected chi connectivity index (χ1v) is 11.3. The Morgan fingerprint density at radius 3 is 2.56 bits per heavy atom. The van der Waals surface area contributed by atoms with E-state index in [1.807, 2.05) is 22.7 Å². The van der Waals surface area contributed by atoms with Gasteiger partial charge in [-0.2, -0.15) is 0 Å². The molecule has 0 aliphatic rings. The molecule has 0 saturated carbocycles. The molecule has 0 aliphatic carbocycles. The number of anilines is 1. The zero-order chi connectivity index (χ0) is 24.3. The van der Waals surface area contributed by atoms with Gasteiger partial charge in [-0.1, -0.05) is 12.1 Å². The predicted octanol–water partition coefficient (Wildman–Crippen LogP) is 3.96. The minimum absolute atomic E-state index is 0.113. The molecule has 1 amide bonds. The fourth-order valence-corrected chi connectivity index (χ4v) is 4.16. The predicted molar refractivity (Wildman–Crippen MR) is 117 cm³/mol. The van der Waals surface area contributed by atoms with E-state index in [9.17, 15) is 26.4 Å². The van der Waals surface area contributed by atoms with Gasteiger partial charge in [0.2, 0.25) is 0 Å². The minimum Gasteiger partial charge on any atom is -0.406 e. The SMILES string of the molecule is O=C(NCc1ccc2nccn2c1)c1ccc(S(=O)(=O)Nc2cccc(OC(F)(F)F)c2)cc1. The number of halogens is 3. The Morgan fingerprint density at radius 1 is 1.06 bits per heavy atom. The Hall–Kier alpha value is -4.06. The van der Waals surface area contributed by atoms with Gasteiger partial charge in [-0.3, -0.25) is 9.52 Å². The third-order valence-corrected chi connectivity index (χ3v) is 6.05. The van der Waals surface area contributed by atoms with E-state index in [4.69, 9.17) is 0 Å². The van der Waals surface area contributed by atoms with E-state index in [1.165, 1.54) is 36.4 Å². The van der Waals surface area contributed by atoms with E-state index in [1.54, 1.807) is 12.4 Å². The van der Waals surface area contributed by atoms with Crippen molar-refractivity contribution in [2.75, 3.05) is 4.72 Å². The number of carbonyl (C=O) groups is 1. The highest BCUT2D eigenvalue weighted by Crippen LogP contribution is 2.26. The van der Waals surface area contributed by atoms with Gasteiger partial charge in [0.1, 0.15) is 11.4 Å². The summed E-state index contributed by atoms with van der Waals surface area (Å²) >= 11 is 0. The van der Waals surface area contributed by atoms with Gasteiger partial charge >= 0.3 is 6.36 Å². The van der Waals surface area contributed by atoms with Crippen LogP contribution in [0.3, 0.4) is 0 Å². The molecule has 4 rings (SSSR count). The Balaban J connectivity index is 1.40. The first-order valence-electron chi connectivity index (χ1n) is 9.78. The lowest BCUT2D eigenvalue weighted by Crippen LogP contribution is -2.23. The molecule has 0 spiro atoms. The zero-order valence-corrected chi connectivity index (χ0v) is 18.1. The summed E-state index contributed by atoms with van der Waals surface area (Å²) in [7, 11) is -4.11. The number of hydrogen-bond donors (Lipinski definition) is 2. The molecule has 2 aromatic carbocycles. The van der Waals surface area contributed by atoms with Crippen LogP contribution >= 0.6 is 0 Å². The highest BCUT2D eigenvalue weighted by atomic mass is 32.2. The molecule has 0 atom stereocenters. The van der Waals surface area contributed by atoms with E-state index in [2.05, 4.69) is 19.8 Å². The quantitative estimate of drug-likeness (QED) is 0.408. The second-order valence-electron chi connectivity index (χ2n) is 7.12. The Morgan fingerprint density at radius 2 is 1.82 bits per heavy atom. The summed E-state index contributed by atoms with van der Waals surface area (Å²) in [6, 6.07) is 13.2. The molecule has 34 heavy (non-hydrogen) atoms. The van der Waals surface area contributed by atoms with Crippen molar-refractivity contribution in [2.45, 2.75) is 17.8 Å². The van der Waals surface area contributed by atoms with Crippen molar-refractivity contribution in [1.82, 2.24) is 14.7 Å². The van der Waals surface area contributed by atoms with Gasteiger partial charge in [-0.15, -0.1) is 13.2 Å². The molecule has 4 aromatic rings. The van der Waals surface area contributed by atoms with Gasteiger partial charge in [0, 0.05) is 36.8 Å². The van der Waals surface area contributed by atoms with Crippen LogP contribution in [0.5, 0.6) is 5.75 Å². The number of ether oxygens (including phenoxy) is 1. The summed E-state index contributed by atoms with van der Waals surface area (Å²) in [4.78, 5) is 16.4. The summed E-state index contributed by atoms with van der Waals surface area (Å²) in [5.41, 5.74) is 1.75. The lowest BCUT2D eigenvalue weighted by molar-refractivity contribution is -0.274. The van der Waals surface area contributed by atoms with Crippen LogP contribution in [-0.4, -0.2) is 30.1 Å². The van der Waals surface area contributed by atoms with Crippen molar-refractivity contribution < 1.29 is 31.1 Å². The van der Waals surface area contributed by atoms with Crippen LogP contribution in [-0.2, 0) is 16.6 Å². The molecule has 2 heterocycles. The fraction of sp³-hybridized carbons (Fsp3) is 0.0909. The number of nitrogens with one attached hydrogen (secondary N) is 2. The van der Waals surface area contributed by atoms with E-state index >= 15 is 0 Å². The number of carbonyl (C=O) groups excluding carboxylic acids is 1. The molecule has 2 aromatic heterocycles. The van der Waals surface area contributed by atoms with Crippen molar-refractivity contribution in [3.05, 3.63) is 90.4 Å². The number of sulfonamides is 1. The van der Waals surface area contributed by atoms with Gasteiger partial charge in [0.25, 0.3) is 15.9 Å². The first-order chi connectivity index (χ1) is 16.1. The number of rotatable bonds is 7. The highest BCUT2D eigenvalue weighted by Gasteiger charge is 2.31. The van der Waals surface area contributed by atoms with Gasteiger partial charge in [0.15, 0.2) is 0 Å². The summed E-state index contributed by atoms with van der Waals surface area (Å²) in [6.07, 6.45) is 0.376. The summed E-state index contributed by atoms with van der Waals surface area (Å²) in [5.74, 6) is -0.966. The Bertz CT molecular complexity index is 1430. The van der Waals surface area contributed by atoms with E-state index < -0.39 is 28.0 Å². The molecule has 8 nitrogen and oxygen atoms in total. The van der Waals surface area contributed by atoms with E-state index in [0.29, 0.717) is 0 Å². The smallest absolute Gasteiger partial charge is 0.406 e. The van der Waals surface area contributed by atoms with Crippen LogP contribution in [0.2, 0.25) is 0 Å². The van der Waals surface area contributed by atoms with E-state index in [0.717, 1.165) is 23.3 Å². The molecule has 0 unspecified atom stereocenters. The first kappa shape index (κ1) is 23.1. The molecule has 0 aliphatic heterocycles. The van der Waals surface area contributed by atoms with Crippen LogP contribution in [0.4, 0.5) is 18.9 Å². The van der Waals surface area contributed by atoms with Crippen molar-refractivity contribution in [3.8, 4) is 5.75 Å². The minimum atomic E-state index is -4.90. The van der Waals surface area contributed by atoms with Gasteiger partial charge in [0.05, 0.1) is 10.6 Å². The molecule has 0 fully saturated rings. The summed E-state index contributed by atoms with van der Waals surface area (Å²) < 4.78 is 70.1. The second kappa shape index (κ2) is 9.06. The average Bonchev–Trinajstić information content (AvgIpc) is 3.24. The Labute approximate surface area is 192 Å². The van der Waals surface area contributed by atoms with Crippen LogP contribution < -0.4 is 14.8 Å². The van der Waals surface area contributed by atoms with Crippen LogP contribution in [0.15, 0.2) is 84.1 Å². The van der Waals surface area contributed by atoms with Gasteiger partial charge in [-0.05, 0) is 48.0 Å². The molecule has 0 radical (unpaired) electrons. The number of aromatic nitrogens is 2. The molecular formula is C22H17F3N4O4S. The lowest BCUT2D eigenvalue weighted by atomic mass is 10.2. The van der Waals surface area contributed by atoms with Crippen LogP contribution in [0.1, 0.15) is 15.9 Å². The van der Waals surface area contributed by atoms with Gasteiger partial charge in [-0.25, -0.2) is 13.4 Å². The second-order valence-corrected chi connectivity index (χ2v) is 8.80. The number of benzene rings is 2. The number of fused-ring (bicyclic) bond motifs is 1. The number of amides is 1. The lowest BCUT2D eigenvalue weighted by Gasteiger charge is -2.12. The van der Waals surface area contributed by atoms with Crippen molar-refractivity contribution >= 4 is 27.3 Å². The third kappa shape index (κ3) is 5.64. The van der Waals surface area contributed by atoms with Crippen LogP contribution in [0.25, 0.3) is 5.65 Å². The van der Waals surface area contributed by atoms with Crippen molar-refractivity contribution in [2.24, 2.45) is 0 Å². The number of alkyl halides is 3. The standard InChI is InChI=1S/C22H17F3N4O4S/c23-22(24,25)33-18-3-1-2-17(12-18)28-34(31,32)19-7-5-16(6-8-19)21(30)27-13-15-4-9-20-26-10-11-29(20)14-15/h1-12,14,28H,13H2,(H,27,30). The Kier molecular flexibility index (Phi) is 6.16. The normalized spacial score (nSPS) is 11.9. The summed E-state index contributed by atoms with van der Waals surface area (Å²) in [6.45, 7) is 0.255. The van der Waals surface area contributed by atoms with Crippen LogP contribution in [0, 0.1) is 0 Å². The maximum Gasteiger partial charge on any atom is 0.573 e.